The van der Waals surface area contributed by atoms with E-state index in [4.69, 9.17) is 10.5 Å². The molecule has 7 nitrogen and oxygen atoms in total. The van der Waals surface area contributed by atoms with Crippen LogP contribution in [0.1, 0.15) is 48.0 Å². The number of nitriles is 1. The van der Waals surface area contributed by atoms with Gasteiger partial charge >= 0.3 is 5.97 Å². The number of nitrogens with two attached hydrogens (primary N) is 1. The molecule has 2 aromatic carbocycles. The number of primary amides is 1. The fourth-order valence-corrected chi connectivity index (χ4v) is 4.96. The third-order valence-electron chi connectivity index (χ3n) is 6.97. The highest BCUT2D eigenvalue weighted by Crippen LogP contribution is 2.40. The maximum Gasteiger partial charge on any atom is 0.310 e. The fraction of sp³-hybridized carbons (Fsp3) is 0.321. The molecule has 3 N–H and O–H groups in total. The molecule has 0 spiro atoms. The summed E-state index contributed by atoms with van der Waals surface area (Å²) < 4.78 is 6.69. The standard InChI is InChI=1S/C28H30N4O3/c1-35-26(33)17-22-18-32(19-25(22)27(30)34)28(15-16-29)13-11-24(12-14-28)31-23-9-7-21(8-10-23)20-5-3-2-4-6-20/h2-10,18-19,24,31H,11-15,17H2,1H3,(H2,30,34). The van der Waals surface area contributed by atoms with Crippen molar-refractivity contribution < 1.29 is 14.3 Å². The van der Waals surface area contributed by atoms with Gasteiger partial charge in [-0.2, -0.15) is 5.26 Å². The van der Waals surface area contributed by atoms with Crippen molar-refractivity contribution in [2.75, 3.05) is 12.4 Å². The molecule has 7 heteroatoms. The van der Waals surface area contributed by atoms with Crippen LogP contribution in [0.25, 0.3) is 11.1 Å². The van der Waals surface area contributed by atoms with Crippen molar-refractivity contribution >= 4 is 17.6 Å². The zero-order chi connectivity index (χ0) is 24.8. The van der Waals surface area contributed by atoms with E-state index in [2.05, 4.69) is 47.8 Å². The zero-order valence-corrected chi connectivity index (χ0v) is 19.9. The van der Waals surface area contributed by atoms with Crippen LogP contribution in [0.2, 0.25) is 0 Å². The molecule has 1 saturated carbocycles. The smallest absolute Gasteiger partial charge is 0.310 e. The summed E-state index contributed by atoms with van der Waals surface area (Å²) in [5, 5.41) is 13.2. The molecule has 4 rings (SSSR count). The van der Waals surface area contributed by atoms with Crippen LogP contribution in [0.5, 0.6) is 0 Å². The molecule has 1 fully saturated rings. The topological polar surface area (TPSA) is 110 Å². The normalized spacial score (nSPS) is 19.5. The van der Waals surface area contributed by atoms with E-state index in [1.807, 2.05) is 22.8 Å². The summed E-state index contributed by atoms with van der Waals surface area (Å²) in [4.78, 5) is 23.8. The lowest BCUT2D eigenvalue weighted by atomic mass is 9.77. The molecular weight excluding hydrogens is 440 g/mol. The van der Waals surface area contributed by atoms with Crippen LogP contribution in [0.15, 0.2) is 67.0 Å². The van der Waals surface area contributed by atoms with Crippen molar-refractivity contribution in [3.63, 3.8) is 0 Å². The predicted molar refractivity (Wildman–Crippen MR) is 135 cm³/mol. The molecule has 0 unspecified atom stereocenters. The van der Waals surface area contributed by atoms with E-state index < -0.39 is 17.4 Å². The summed E-state index contributed by atoms with van der Waals surface area (Å²) in [5.41, 5.74) is 9.38. The van der Waals surface area contributed by atoms with E-state index in [0.717, 1.165) is 31.4 Å². The average Bonchev–Trinajstić information content (AvgIpc) is 3.31. The van der Waals surface area contributed by atoms with Crippen LogP contribution in [-0.4, -0.2) is 29.6 Å². The van der Waals surface area contributed by atoms with E-state index >= 15 is 0 Å². The Morgan fingerprint density at radius 2 is 1.74 bits per heavy atom. The minimum Gasteiger partial charge on any atom is -0.469 e. The summed E-state index contributed by atoms with van der Waals surface area (Å²) in [6.45, 7) is 0. The second-order valence-electron chi connectivity index (χ2n) is 9.14. The number of ether oxygens (including phenoxy) is 1. The number of aromatic nitrogens is 1. The number of carbonyl (C=O) groups excluding carboxylic acids is 2. The molecule has 1 heterocycles. The SMILES string of the molecule is COC(=O)Cc1cn(C2(CC#N)CCC(Nc3ccc(-c4ccccc4)cc3)CC2)cc1C(N)=O. The van der Waals surface area contributed by atoms with E-state index in [0.29, 0.717) is 17.5 Å². The number of hydrogen-bond donors (Lipinski definition) is 2. The highest BCUT2D eigenvalue weighted by molar-refractivity contribution is 5.95. The van der Waals surface area contributed by atoms with E-state index in [-0.39, 0.29) is 12.5 Å². The Bertz CT molecular complexity index is 1220. The summed E-state index contributed by atoms with van der Waals surface area (Å²) in [7, 11) is 1.31. The lowest BCUT2D eigenvalue weighted by Crippen LogP contribution is -2.40. The molecule has 1 aliphatic carbocycles. The largest absolute Gasteiger partial charge is 0.469 e. The van der Waals surface area contributed by atoms with Gasteiger partial charge in [-0.05, 0) is 54.5 Å². The van der Waals surface area contributed by atoms with Gasteiger partial charge in [0, 0.05) is 24.1 Å². The van der Waals surface area contributed by atoms with Gasteiger partial charge in [0.05, 0.1) is 37.1 Å². The molecule has 1 aliphatic rings. The second kappa shape index (κ2) is 10.5. The van der Waals surface area contributed by atoms with Gasteiger partial charge in [0.1, 0.15) is 0 Å². The van der Waals surface area contributed by atoms with Gasteiger partial charge in [0.15, 0.2) is 0 Å². The number of rotatable bonds is 8. The van der Waals surface area contributed by atoms with Crippen LogP contribution in [-0.2, 0) is 21.5 Å². The monoisotopic (exact) mass is 470 g/mol. The quantitative estimate of drug-likeness (QED) is 0.466. The molecule has 3 aromatic rings. The lowest BCUT2D eigenvalue weighted by Gasteiger charge is -2.40. The Morgan fingerprint density at radius 1 is 1.09 bits per heavy atom. The number of nitrogens with one attached hydrogen (secondary N) is 1. The van der Waals surface area contributed by atoms with Gasteiger partial charge in [0.2, 0.25) is 0 Å². The van der Waals surface area contributed by atoms with Crippen LogP contribution in [0.3, 0.4) is 0 Å². The number of anilines is 1. The molecule has 0 bridgehead atoms. The van der Waals surface area contributed by atoms with Crippen LogP contribution >= 0.6 is 0 Å². The van der Waals surface area contributed by atoms with Crippen LogP contribution in [0.4, 0.5) is 5.69 Å². The van der Waals surface area contributed by atoms with Gasteiger partial charge < -0.3 is 20.4 Å². The van der Waals surface area contributed by atoms with E-state index in [9.17, 15) is 14.9 Å². The number of amides is 1. The van der Waals surface area contributed by atoms with E-state index in [1.165, 1.54) is 18.2 Å². The highest BCUT2D eigenvalue weighted by Gasteiger charge is 2.37. The first-order valence-corrected chi connectivity index (χ1v) is 11.8. The summed E-state index contributed by atoms with van der Waals surface area (Å²) in [6, 6.07) is 21.3. The van der Waals surface area contributed by atoms with Crippen molar-refractivity contribution in [2.45, 2.75) is 50.1 Å². The Hall–Kier alpha value is -4.05. The Labute approximate surface area is 205 Å². The van der Waals surface area contributed by atoms with Crippen molar-refractivity contribution in [1.82, 2.24) is 4.57 Å². The van der Waals surface area contributed by atoms with Gasteiger partial charge in [-0.1, -0.05) is 42.5 Å². The molecule has 180 valence electrons. The van der Waals surface area contributed by atoms with Gasteiger partial charge in [0.25, 0.3) is 5.91 Å². The lowest BCUT2D eigenvalue weighted by molar-refractivity contribution is -0.139. The van der Waals surface area contributed by atoms with Gasteiger partial charge in [-0.3, -0.25) is 9.59 Å². The maximum atomic E-state index is 12.0. The van der Waals surface area contributed by atoms with Crippen molar-refractivity contribution in [1.29, 1.82) is 5.26 Å². The Kier molecular flexibility index (Phi) is 7.21. The third kappa shape index (κ3) is 5.38. The number of esters is 1. The molecule has 0 atom stereocenters. The first-order chi connectivity index (χ1) is 16.9. The third-order valence-corrected chi connectivity index (χ3v) is 6.97. The summed E-state index contributed by atoms with van der Waals surface area (Å²) >= 11 is 0. The first-order valence-electron chi connectivity index (χ1n) is 11.8. The first kappa shape index (κ1) is 24.1. The molecule has 35 heavy (non-hydrogen) atoms. The number of nitrogens with zero attached hydrogens (tertiary/aromatic N) is 2. The Balaban J connectivity index is 1.46. The Morgan fingerprint density at radius 3 is 2.34 bits per heavy atom. The van der Waals surface area contributed by atoms with Crippen molar-refractivity contribution in [3.8, 4) is 17.2 Å². The molecule has 1 aromatic heterocycles. The number of methoxy groups -OCH3 is 1. The predicted octanol–water partition coefficient (Wildman–Crippen LogP) is 4.63. The number of benzene rings is 2. The fourth-order valence-electron chi connectivity index (χ4n) is 4.96. The number of hydrogen-bond acceptors (Lipinski definition) is 5. The summed E-state index contributed by atoms with van der Waals surface area (Å²) in [5.74, 6) is -1.03. The van der Waals surface area contributed by atoms with Crippen molar-refractivity contribution in [2.24, 2.45) is 5.73 Å². The minimum absolute atomic E-state index is 0.0342. The molecule has 0 aliphatic heterocycles. The van der Waals surface area contributed by atoms with Crippen molar-refractivity contribution in [3.05, 3.63) is 78.1 Å². The molecule has 0 saturated heterocycles. The van der Waals surface area contributed by atoms with Crippen LogP contribution in [0, 0.1) is 11.3 Å². The minimum atomic E-state index is -0.593. The van der Waals surface area contributed by atoms with E-state index in [1.54, 1.807) is 12.4 Å². The molecule has 1 amide bonds. The van der Waals surface area contributed by atoms with Gasteiger partial charge in [-0.25, -0.2) is 0 Å². The zero-order valence-electron chi connectivity index (χ0n) is 19.9. The van der Waals surface area contributed by atoms with Gasteiger partial charge in [-0.15, -0.1) is 0 Å². The van der Waals surface area contributed by atoms with Crippen LogP contribution < -0.4 is 11.1 Å². The second-order valence-corrected chi connectivity index (χ2v) is 9.14. The molecular formula is C28H30N4O3. The summed E-state index contributed by atoms with van der Waals surface area (Å²) in [6.07, 6.45) is 7.04. The maximum absolute atomic E-state index is 12.0. The highest BCUT2D eigenvalue weighted by atomic mass is 16.5. The molecule has 0 radical (unpaired) electrons. The number of carbonyl (C=O) groups is 2. The average molecular weight is 471 g/mol.